The van der Waals surface area contributed by atoms with Gasteiger partial charge >= 0.3 is 0 Å². The summed E-state index contributed by atoms with van der Waals surface area (Å²) in [7, 11) is 0. The molecule has 2 aromatic heterocycles. The molecule has 0 aliphatic heterocycles. The lowest BCUT2D eigenvalue weighted by molar-refractivity contribution is 0.528. The molecule has 3 aromatic rings. The fraction of sp³-hybridized carbons (Fsp3) is 0.286. The van der Waals surface area contributed by atoms with E-state index in [1.165, 1.54) is 12.8 Å². The van der Waals surface area contributed by atoms with Crippen molar-refractivity contribution in [1.29, 1.82) is 0 Å². The summed E-state index contributed by atoms with van der Waals surface area (Å²) < 4.78 is 6.58. The number of rotatable bonds is 6. The lowest BCUT2D eigenvalue weighted by atomic mass is 10.2. The molecule has 22 heavy (non-hydrogen) atoms. The van der Waals surface area contributed by atoms with Crippen LogP contribution in [0.3, 0.4) is 0 Å². The van der Waals surface area contributed by atoms with E-state index in [0.717, 1.165) is 15.0 Å². The van der Waals surface area contributed by atoms with Crippen LogP contribution < -0.4 is 5.32 Å². The maximum absolute atomic E-state index is 5.67. The van der Waals surface area contributed by atoms with Gasteiger partial charge in [0.15, 0.2) is 4.34 Å². The van der Waals surface area contributed by atoms with E-state index >= 15 is 0 Å². The Morgan fingerprint density at radius 3 is 2.82 bits per heavy atom. The van der Waals surface area contributed by atoms with Crippen LogP contribution in [0.5, 0.6) is 0 Å². The Morgan fingerprint density at radius 2 is 2.00 bits per heavy atom. The first-order chi connectivity index (χ1) is 10.9. The van der Waals surface area contributed by atoms with E-state index in [1.54, 1.807) is 23.1 Å². The van der Waals surface area contributed by atoms with Crippen molar-refractivity contribution in [2.24, 2.45) is 0 Å². The highest BCUT2D eigenvalue weighted by molar-refractivity contribution is 8.00. The minimum Gasteiger partial charge on any atom is -0.420 e. The number of hydrogen-bond donors (Lipinski definition) is 1. The third-order valence-corrected chi connectivity index (χ3v) is 5.09. The standard InChI is InChI=1S/C14H13N5OS2/c1-2-4-9(5-3-1)12-17-16-11(20-12)8-21-14-19-18-13(22-14)15-10-6-7-10/h1-5,10H,6-8H2,(H,15,18). The number of nitrogens with one attached hydrogen (secondary N) is 1. The van der Waals surface area contributed by atoms with E-state index in [9.17, 15) is 0 Å². The molecule has 1 aliphatic rings. The monoisotopic (exact) mass is 331 g/mol. The van der Waals surface area contributed by atoms with Crippen molar-refractivity contribution in [2.75, 3.05) is 5.32 Å². The van der Waals surface area contributed by atoms with E-state index < -0.39 is 0 Å². The minimum absolute atomic E-state index is 0.546. The van der Waals surface area contributed by atoms with Gasteiger partial charge in [-0.15, -0.1) is 20.4 Å². The first-order valence-electron chi connectivity index (χ1n) is 6.97. The van der Waals surface area contributed by atoms with Crippen LogP contribution in [0, 0.1) is 0 Å². The van der Waals surface area contributed by atoms with E-state index in [2.05, 4.69) is 25.7 Å². The van der Waals surface area contributed by atoms with Crippen LogP contribution in [0.25, 0.3) is 11.5 Å². The van der Waals surface area contributed by atoms with Gasteiger partial charge in [-0.05, 0) is 25.0 Å². The van der Waals surface area contributed by atoms with Crippen molar-refractivity contribution in [3.63, 3.8) is 0 Å². The van der Waals surface area contributed by atoms with Crippen LogP contribution in [0.15, 0.2) is 39.1 Å². The Morgan fingerprint density at radius 1 is 1.14 bits per heavy atom. The molecule has 6 nitrogen and oxygen atoms in total. The Labute approximate surface area is 135 Å². The number of hydrogen-bond acceptors (Lipinski definition) is 8. The molecule has 0 spiro atoms. The van der Waals surface area contributed by atoms with Crippen molar-refractivity contribution in [2.45, 2.75) is 29.0 Å². The predicted octanol–water partition coefficient (Wildman–Crippen LogP) is 3.45. The van der Waals surface area contributed by atoms with Crippen LogP contribution in [0.4, 0.5) is 5.13 Å². The summed E-state index contributed by atoms with van der Waals surface area (Å²) in [5.41, 5.74) is 0.929. The largest absolute Gasteiger partial charge is 0.420 e. The Bertz CT molecular complexity index is 753. The molecule has 1 aromatic carbocycles. The molecule has 1 N–H and O–H groups in total. The number of anilines is 1. The Hall–Kier alpha value is -1.93. The summed E-state index contributed by atoms with van der Waals surface area (Å²) in [6, 6.07) is 10.3. The average Bonchev–Trinajstić information content (AvgIpc) is 3.06. The molecule has 112 valence electrons. The van der Waals surface area contributed by atoms with E-state index in [1.807, 2.05) is 30.3 Å². The summed E-state index contributed by atoms with van der Waals surface area (Å²) in [6.07, 6.45) is 2.46. The molecule has 1 aliphatic carbocycles. The van der Waals surface area contributed by atoms with E-state index in [0.29, 0.717) is 23.6 Å². The van der Waals surface area contributed by atoms with Crippen LogP contribution in [-0.4, -0.2) is 26.4 Å². The molecule has 0 atom stereocenters. The van der Waals surface area contributed by atoms with E-state index in [4.69, 9.17) is 4.42 Å². The van der Waals surface area contributed by atoms with Gasteiger partial charge in [0.05, 0.1) is 5.75 Å². The Balaban J connectivity index is 1.37. The number of thioether (sulfide) groups is 1. The van der Waals surface area contributed by atoms with Gasteiger partial charge in [0.2, 0.25) is 16.9 Å². The Kier molecular flexibility index (Phi) is 3.77. The summed E-state index contributed by atoms with van der Waals surface area (Å²) in [5.74, 6) is 1.73. The zero-order chi connectivity index (χ0) is 14.8. The normalized spacial score (nSPS) is 14.2. The van der Waals surface area contributed by atoms with Gasteiger partial charge in [0, 0.05) is 11.6 Å². The third-order valence-electron chi connectivity index (χ3n) is 3.12. The lowest BCUT2D eigenvalue weighted by Crippen LogP contribution is -1.99. The maximum Gasteiger partial charge on any atom is 0.247 e. The predicted molar refractivity (Wildman–Crippen MR) is 85.8 cm³/mol. The highest BCUT2D eigenvalue weighted by Gasteiger charge is 2.22. The van der Waals surface area contributed by atoms with Crippen molar-refractivity contribution >= 4 is 28.2 Å². The first-order valence-corrected chi connectivity index (χ1v) is 8.78. The molecule has 0 unspecified atom stereocenters. The zero-order valence-corrected chi connectivity index (χ0v) is 13.2. The van der Waals surface area contributed by atoms with Gasteiger partial charge in [-0.3, -0.25) is 0 Å². The van der Waals surface area contributed by atoms with Gasteiger partial charge < -0.3 is 9.73 Å². The van der Waals surface area contributed by atoms with Gasteiger partial charge in [-0.1, -0.05) is 41.3 Å². The molecular weight excluding hydrogens is 318 g/mol. The average molecular weight is 331 g/mol. The molecule has 0 saturated heterocycles. The van der Waals surface area contributed by atoms with Gasteiger partial charge in [0.1, 0.15) is 0 Å². The highest BCUT2D eigenvalue weighted by Crippen LogP contribution is 2.31. The van der Waals surface area contributed by atoms with Gasteiger partial charge in [-0.25, -0.2) is 0 Å². The van der Waals surface area contributed by atoms with Crippen LogP contribution in [0.1, 0.15) is 18.7 Å². The van der Waals surface area contributed by atoms with Crippen LogP contribution >= 0.6 is 23.1 Å². The second-order valence-corrected chi connectivity index (χ2v) is 7.15. The quantitative estimate of drug-likeness (QED) is 0.693. The summed E-state index contributed by atoms with van der Waals surface area (Å²) in [4.78, 5) is 0. The molecule has 4 rings (SSSR count). The first kappa shape index (κ1) is 13.7. The van der Waals surface area contributed by atoms with Gasteiger partial charge in [-0.2, -0.15) is 0 Å². The molecule has 1 fully saturated rings. The van der Waals surface area contributed by atoms with E-state index in [-0.39, 0.29) is 0 Å². The number of nitrogens with zero attached hydrogens (tertiary/aromatic N) is 4. The SMILES string of the molecule is c1ccc(-c2nnc(CSc3nnc(NC4CC4)s3)o2)cc1. The minimum atomic E-state index is 0.546. The fourth-order valence-electron chi connectivity index (χ4n) is 1.86. The second kappa shape index (κ2) is 6.05. The molecular formula is C14H13N5OS2. The number of aromatic nitrogens is 4. The van der Waals surface area contributed by atoms with Crippen molar-refractivity contribution in [3.8, 4) is 11.5 Å². The number of benzene rings is 1. The smallest absolute Gasteiger partial charge is 0.247 e. The molecule has 0 radical (unpaired) electrons. The second-order valence-electron chi connectivity index (χ2n) is 4.95. The summed E-state index contributed by atoms with van der Waals surface area (Å²) in [5, 5.41) is 20.7. The van der Waals surface area contributed by atoms with Crippen LogP contribution in [-0.2, 0) is 5.75 Å². The maximum atomic E-state index is 5.67. The molecule has 0 bridgehead atoms. The summed E-state index contributed by atoms with van der Waals surface area (Å²) >= 11 is 3.12. The molecule has 0 amide bonds. The molecule has 8 heteroatoms. The molecule has 2 heterocycles. The van der Waals surface area contributed by atoms with Crippen molar-refractivity contribution < 1.29 is 4.42 Å². The van der Waals surface area contributed by atoms with Crippen molar-refractivity contribution in [1.82, 2.24) is 20.4 Å². The lowest BCUT2D eigenvalue weighted by Gasteiger charge is -1.94. The summed E-state index contributed by atoms with van der Waals surface area (Å²) in [6.45, 7) is 0. The third kappa shape index (κ3) is 3.28. The topological polar surface area (TPSA) is 76.7 Å². The van der Waals surface area contributed by atoms with Gasteiger partial charge in [0.25, 0.3) is 0 Å². The highest BCUT2D eigenvalue weighted by atomic mass is 32.2. The fourth-order valence-corrected chi connectivity index (χ4v) is 3.53. The van der Waals surface area contributed by atoms with Crippen LogP contribution in [0.2, 0.25) is 0 Å². The van der Waals surface area contributed by atoms with Crippen molar-refractivity contribution in [3.05, 3.63) is 36.2 Å². The zero-order valence-electron chi connectivity index (χ0n) is 11.6. The molecule has 1 saturated carbocycles.